The third-order valence-corrected chi connectivity index (χ3v) is 8.70. The Bertz CT molecular complexity index is 669. The van der Waals surface area contributed by atoms with Gasteiger partial charge in [0.15, 0.2) is 0 Å². The number of carbonyl (C=O) groups excluding carboxylic acids is 1. The molecule has 150 valence electrons. The fourth-order valence-corrected chi connectivity index (χ4v) is 7.15. The second kappa shape index (κ2) is 6.72. The number of hydrogen-bond acceptors (Lipinski definition) is 4. The van der Waals surface area contributed by atoms with Crippen molar-refractivity contribution in [3.05, 3.63) is 12.2 Å². The fraction of sp³-hybridized carbons (Fsp3) is 0.826. The summed E-state index contributed by atoms with van der Waals surface area (Å²) in [7, 11) is 0. The third-order valence-electron chi connectivity index (χ3n) is 8.70. The second-order valence-electron chi connectivity index (χ2n) is 10.4. The summed E-state index contributed by atoms with van der Waals surface area (Å²) in [6.07, 6.45) is 8.46. The zero-order chi connectivity index (χ0) is 19.4. The predicted octanol–water partition coefficient (Wildman–Crippen LogP) is 4.48. The number of rotatable bonds is 3. The van der Waals surface area contributed by atoms with Crippen LogP contribution in [-0.4, -0.2) is 24.1 Å². The largest absolute Gasteiger partial charge is 0.394 e. The number of oxime groups is 1. The molecule has 1 unspecified atom stereocenters. The van der Waals surface area contributed by atoms with Gasteiger partial charge in [0.1, 0.15) is 12.4 Å². The van der Waals surface area contributed by atoms with Crippen LogP contribution in [0, 0.1) is 34.5 Å². The lowest BCUT2D eigenvalue weighted by molar-refractivity contribution is -0.134. The quantitative estimate of drug-likeness (QED) is 0.586. The summed E-state index contributed by atoms with van der Waals surface area (Å²) < 4.78 is 0. The molecular weight excluding hydrogens is 336 g/mol. The van der Waals surface area contributed by atoms with Gasteiger partial charge in [-0.05, 0) is 81.0 Å². The molecule has 4 heteroatoms. The molecule has 0 radical (unpaired) electrons. The monoisotopic (exact) mass is 372 g/mol. The average molecular weight is 373 g/mol. The molecule has 0 aromatic rings. The smallest absolute Gasteiger partial charge is 0.139 e. The number of fused-ring (bicyclic) bond motifs is 5. The zero-order valence-electron chi connectivity index (χ0n) is 17.3. The minimum Gasteiger partial charge on any atom is -0.394 e. The van der Waals surface area contributed by atoms with Crippen molar-refractivity contribution < 1.29 is 9.63 Å². The van der Waals surface area contributed by atoms with Gasteiger partial charge in [-0.3, -0.25) is 4.79 Å². The molecule has 4 nitrogen and oxygen atoms in total. The zero-order valence-corrected chi connectivity index (χ0v) is 17.3. The van der Waals surface area contributed by atoms with Crippen LogP contribution in [0.1, 0.15) is 72.1 Å². The van der Waals surface area contributed by atoms with Gasteiger partial charge in [0.25, 0.3) is 0 Å². The Labute approximate surface area is 164 Å². The molecule has 4 aliphatic rings. The van der Waals surface area contributed by atoms with Crippen molar-refractivity contribution in [2.75, 3.05) is 6.61 Å². The van der Waals surface area contributed by atoms with Crippen molar-refractivity contribution in [3.8, 4) is 0 Å². The van der Waals surface area contributed by atoms with Crippen LogP contribution in [0.5, 0.6) is 0 Å². The van der Waals surface area contributed by atoms with Crippen molar-refractivity contribution in [1.82, 2.24) is 0 Å². The topological polar surface area (TPSA) is 64.7 Å². The number of hydrogen-bond donors (Lipinski definition) is 1. The Morgan fingerprint density at radius 2 is 2.00 bits per heavy atom. The lowest BCUT2D eigenvalue weighted by atomic mass is 9.44. The van der Waals surface area contributed by atoms with Crippen LogP contribution in [0.4, 0.5) is 0 Å². The number of Topliss-reactive ketones (excluding diaryl/α,β-unsaturated/α-hetero) is 1. The number of nitrogens with zero attached hydrogens (tertiary/aromatic N) is 1. The minimum absolute atomic E-state index is 0.0132. The maximum Gasteiger partial charge on any atom is 0.139 e. The Kier molecular flexibility index (Phi) is 4.77. The van der Waals surface area contributed by atoms with Crippen LogP contribution < -0.4 is 5.73 Å². The van der Waals surface area contributed by atoms with Gasteiger partial charge in [-0.2, -0.15) is 0 Å². The highest BCUT2D eigenvalue weighted by atomic mass is 16.6. The van der Waals surface area contributed by atoms with Crippen molar-refractivity contribution in [2.24, 2.45) is 45.4 Å². The molecule has 0 amide bonds. The normalized spacial score (nSPS) is 46.6. The molecule has 7 atom stereocenters. The van der Waals surface area contributed by atoms with E-state index in [9.17, 15) is 4.79 Å². The van der Waals surface area contributed by atoms with Gasteiger partial charge in [-0.1, -0.05) is 31.2 Å². The van der Waals surface area contributed by atoms with E-state index < -0.39 is 0 Å². The molecule has 4 rings (SSSR count). The maximum absolute atomic E-state index is 12.6. The molecule has 0 bridgehead atoms. The van der Waals surface area contributed by atoms with Crippen molar-refractivity contribution in [1.29, 1.82) is 0 Å². The second-order valence-corrected chi connectivity index (χ2v) is 10.4. The van der Waals surface area contributed by atoms with E-state index in [2.05, 4.69) is 25.6 Å². The first-order valence-electron chi connectivity index (χ1n) is 10.9. The van der Waals surface area contributed by atoms with E-state index in [1.54, 1.807) is 0 Å². The standard InChI is InChI=1S/C23H36N2O2/c1-14-11-17-18-5-6-21(26)23(18,4)10-8-19(17)22(3)9-7-16(12-20(14)22)25-27-13-15(2)24/h15,17-20H,1,5-13,24H2,2-4H3/t15-,17+,18+,19+,20?,22-,23+/m1/s1. The van der Waals surface area contributed by atoms with Crippen molar-refractivity contribution >= 4 is 11.5 Å². The Morgan fingerprint density at radius 1 is 1.22 bits per heavy atom. The summed E-state index contributed by atoms with van der Waals surface area (Å²) in [6.45, 7) is 11.7. The molecule has 27 heavy (non-hydrogen) atoms. The highest BCUT2D eigenvalue weighted by Gasteiger charge is 2.60. The Balaban J connectivity index is 1.54. The number of allylic oxidation sites excluding steroid dienone is 1. The van der Waals surface area contributed by atoms with Gasteiger partial charge >= 0.3 is 0 Å². The van der Waals surface area contributed by atoms with Gasteiger partial charge in [0, 0.05) is 17.9 Å². The molecule has 0 spiro atoms. The molecule has 2 N–H and O–H groups in total. The van der Waals surface area contributed by atoms with Crippen LogP contribution in [0.25, 0.3) is 0 Å². The first-order chi connectivity index (χ1) is 12.8. The molecular formula is C23H36N2O2. The first kappa shape index (κ1) is 19.2. The van der Waals surface area contributed by atoms with Gasteiger partial charge in [-0.15, -0.1) is 0 Å². The summed E-state index contributed by atoms with van der Waals surface area (Å²) in [5.74, 6) is 2.97. The lowest BCUT2D eigenvalue weighted by Gasteiger charge is -2.60. The molecule has 0 aliphatic heterocycles. The molecule has 0 aromatic heterocycles. The SMILES string of the molecule is C=C1C[C@@H]2[C@H](CC[C@]3(C)C(=O)CC[C@@H]23)[C@@]2(C)CCC(=NOC[C@@H](C)N)CC12. The van der Waals surface area contributed by atoms with Crippen LogP contribution in [-0.2, 0) is 9.63 Å². The minimum atomic E-state index is -0.0569. The number of nitrogens with two attached hydrogens (primary N) is 1. The predicted molar refractivity (Wildman–Crippen MR) is 108 cm³/mol. The highest BCUT2D eigenvalue weighted by Crippen LogP contribution is 2.66. The summed E-state index contributed by atoms with van der Waals surface area (Å²) in [6, 6.07) is 0.0132. The van der Waals surface area contributed by atoms with E-state index in [-0.39, 0.29) is 11.5 Å². The van der Waals surface area contributed by atoms with Crippen LogP contribution in [0.15, 0.2) is 17.3 Å². The highest BCUT2D eigenvalue weighted by molar-refractivity contribution is 5.87. The lowest BCUT2D eigenvalue weighted by Crippen LogP contribution is -2.54. The van der Waals surface area contributed by atoms with E-state index >= 15 is 0 Å². The van der Waals surface area contributed by atoms with Gasteiger partial charge in [-0.25, -0.2) is 0 Å². The van der Waals surface area contributed by atoms with Crippen LogP contribution in [0.3, 0.4) is 0 Å². The van der Waals surface area contributed by atoms with E-state index in [4.69, 9.17) is 10.6 Å². The molecule has 0 heterocycles. The fourth-order valence-electron chi connectivity index (χ4n) is 7.15. The van der Waals surface area contributed by atoms with Crippen molar-refractivity contribution in [2.45, 2.75) is 78.2 Å². The molecule has 4 saturated carbocycles. The molecule has 4 aliphatic carbocycles. The molecule has 0 saturated heterocycles. The van der Waals surface area contributed by atoms with Gasteiger partial charge in [0.2, 0.25) is 0 Å². The summed E-state index contributed by atoms with van der Waals surface area (Å²) in [5.41, 5.74) is 8.57. The van der Waals surface area contributed by atoms with E-state index in [0.717, 1.165) is 50.9 Å². The Morgan fingerprint density at radius 3 is 2.74 bits per heavy atom. The maximum atomic E-state index is 12.6. The summed E-state index contributed by atoms with van der Waals surface area (Å²) >= 11 is 0. The summed E-state index contributed by atoms with van der Waals surface area (Å²) in [4.78, 5) is 18.0. The molecule has 0 aromatic carbocycles. The van der Waals surface area contributed by atoms with Crippen LogP contribution in [0.2, 0.25) is 0 Å². The van der Waals surface area contributed by atoms with E-state index in [1.807, 2.05) is 6.92 Å². The summed E-state index contributed by atoms with van der Waals surface area (Å²) in [5, 5.41) is 4.41. The van der Waals surface area contributed by atoms with Crippen LogP contribution >= 0.6 is 0 Å². The molecule has 4 fully saturated rings. The first-order valence-corrected chi connectivity index (χ1v) is 10.9. The number of ketones is 1. The average Bonchev–Trinajstić information content (AvgIpc) is 2.91. The van der Waals surface area contributed by atoms with Gasteiger partial charge < -0.3 is 10.6 Å². The Hall–Kier alpha value is -1.16. The van der Waals surface area contributed by atoms with Gasteiger partial charge in [0.05, 0.1) is 5.71 Å². The van der Waals surface area contributed by atoms with Crippen molar-refractivity contribution in [3.63, 3.8) is 0 Å². The third kappa shape index (κ3) is 2.99. The number of carbonyl (C=O) groups is 1. The van der Waals surface area contributed by atoms with E-state index in [1.165, 1.54) is 17.7 Å². The van der Waals surface area contributed by atoms with E-state index in [0.29, 0.717) is 35.6 Å².